The van der Waals surface area contributed by atoms with Crippen LogP contribution in [0.2, 0.25) is 0 Å². The number of hydrogen-bond donors (Lipinski definition) is 4. The first-order valence-corrected chi connectivity index (χ1v) is 12.3. The number of benzene rings is 1. The van der Waals surface area contributed by atoms with E-state index in [1.165, 1.54) is 17.8 Å². The van der Waals surface area contributed by atoms with Crippen LogP contribution in [0.1, 0.15) is 74.5 Å². The highest BCUT2D eigenvalue weighted by molar-refractivity contribution is 7.89. The van der Waals surface area contributed by atoms with E-state index >= 15 is 0 Å². The van der Waals surface area contributed by atoms with E-state index in [0.717, 1.165) is 30.7 Å². The molecule has 1 saturated carbocycles. The molecule has 0 amide bonds. The minimum atomic E-state index is -3.61. The monoisotopic (exact) mass is 458 g/mol. The number of hydrogen-bond acceptors (Lipinski definition) is 5. The van der Waals surface area contributed by atoms with Gasteiger partial charge in [0.2, 0.25) is 10.0 Å². The van der Waals surface area contributed by atoms with Gasteiger partial charge in [-0.15, -0.1) is 0 Å². The second kappa shape index (κ2) is 7.41. The summed E-state index contributed by atoms with van der Waals surface area (Å²) in [6.07, 6.45) is 3.09. The number of nitrogens with zero attached hydrogens (tertiary/aromatic N) is 2. The molecule has 3 aromatic rings. The molecule has 1 aliphatic carbocycles. The van der Waals surface area contributed by atoms with Crippen LogP contribution in [-0.4, -0.2) is 28.8 Å². The van der Waals surface area contributed by atoms with Crippen molar-refractivity contribution in [1.82, 2.24) is 25.1 Å². The van der Waals surface area contributed by atoms with Gasteiger partial charge in [0, 0.05) is 46.8 Å². The number of anilines is 2. The van der Waals surface area contributed by atoms with Gasteiger partial charge >= 0.3 is 0 Å². The lowest BCUT2D eigenvalue weighted by Crippen LogP contribution is -2.13. The van der Waals surface area contributed by atoms with Crippen molar-refractivity contribution in [1.29, 1.82) is 0 Å². The maximum atomic E-state index is 14.8. The van der Waals surface area contributed by atoms with Crippen molar-refractivity contribution in [2.24, 2.45) is 0 Å². The molecule has 2 aliphatic rings. The molecule has 32 heavy (non-hydrogen) atoms. The minimum absolute atomic E-state index is 0.00584. The van der Waals surface area contributed by atoms with Crippen molar-refractivity contribution in [3.8, 4) is 0 Å². The molecule has 1 fully saturated rings. The highest BCUT2D eigenvalue weighted by atomic mass is 32.2. The molecule has 2 atom stereocenters. The topological polar surface area (TPSA) is 116 Å². The van der Waals surface area contributed by atoms with Crippen LogP contribution in [0.3, 0.4) is 0 Å². The predicted molar refractivity (Wildman–Crippen MR) is 119 cm³/mol. The van der Waals surface area contributed by atoms with Gasteiger partial charge in [-0.25, -0.2) is 17.5 Å². The molecule has 2 unspecified atom stereocenters. The zero-order valence-electron chi connectivity index (χ0n) is 18.3. The summed E-state index contributed by atoms with van der Waals surface area (Å²) in [5, 5.41) is 18.1. The van der Waals surface area contributed by atoms with Gasteiger partial charge in [0.05, 0.1) is 16.3 Å². The van der Waals surface area contributed by atoms with Crippen LogP contribution in [0.15, 0.2) is 29.2 Å². The molecule has 8 nitrogen and oxygen atoms in total. The third-order valence-electron chi connectivity index (χ3n) is 6.47. The zero-order chi connectivity index (χ0) is 22.7. The Morgan fingerprint density at radius 1 is 1.06 bits per heavy atom. The van der Waals surface area contributed by atoms with Crippen LogP contribution in [0, 0.1) is 5.82 Å². The number of fused-ring (bicyclic) bond motifs is 1. The number of aromatic amines is 2. The summed E-state index contributed by atoms with van der Waals surface area (Å²) in [5.41, 5.74) is 3.64. The van der Waals surface area contributed by atoms with Gasteiger partial charge in [0.1, 0.15) is 0 Å². The minimum Gasteiger partial charge on any atom is -0.336 e. The number of aromatic nitrogens is 4. The van der Waals surface area contributed by atoms with Gasteiger partial charge in [0.25, 0.3) is 0 Å². The Labute approximate surface area is 186 Å². The van der Waals surface area contributed by atoms with E-state index in [-0.39, 0.29) is 28.1 Å². The maximum absolute atomic E-state index is 14.8. The lowest BCUT2D eigenvalue weighted by molar-refractivity contribution is 0.566. The van der Waals surface area contributed by atoms with E-state index in [2.05, 4.69) is 57.3 Å². The van der Waals surface area contributed by atoms with Gasteiger partial charge in [-0.2, -0.15) is 10.2 Å². The van der Waals surface area contributed by atoms with Crippen molar-refractivity contribution in [3.05, 3.63) is 52.7 Å². The van der Waals surface area contributed by atoms with Crippen LogP contribution >= 0.6 is 0 Å². The molecule has 0 saturated heterocycles. The first-order valence-electron chi connectivity index (χ1n) is 10.8. The largest absolute Gasteiger partial charge is 0.336 e. The Kier molecular flexibility index (Phi) is 4.90. The summed E-state index contributed by atoms with van der Waals surface area (Å²) in [6.45, 7) is 6.42. The molecule has 0 bridgehead atoms. The van der Waals surface area contributed by atoms with Crippen LogP contribution in [-0.2, 0) is 22.0 Å². The molecule has 3 heterocycles. The summed E-state index contributed by atoms with van der Waals surface area (Å²) in [5.74, 6) is 0.693. The quantitative estimate of drug-likeness (QED) is 0.469. The number of halogens is 1. The fourth-order valence-corrected chi connectivity index (χ4v) is 5.81. The number of rotatable bonds is 4. The molecular formula is C22H27FN6O2S. The Morgan fingerprint density at radius 2 is 1.75 bits per heavy atom. The Bertz CT molecular complexity index is 1270. The van der Waals surface area contributed by atoms with E-state index < -0.39 is 15.8 Å². The first-order chi connectivity index (χ1) is 15.1. The molecule has 0 spiro atoms. The molecule has 1 aliphatic heterocycles. The third-order valence-corrected chi connectivity index (χ3v) is 7.95. The van der Waals surface area contributed by atoms with Crippen molar-refractivity contribution < 1.29 is 12.8 Å². The predicted octanol–water partition coefficient (Wildman–Crippen LogP) is 4.16. The first kappa shape index (κ1) is 21.1. The zero-order valence-corrected chi connectivity index (χ0v) is 19.1. The fourth-order valence-electron chi connectivity index (χ4n) is 4.59. The van der Waals surface area contributed by atoms with Crippen LogP contribution in [0.5, 0.6) is 0 Å². The Hall–Kier alpha value is -2.72. The van der Waals surface area contributed by atoms with Crippen LogP contribution < -0.4 is 10.0 Å². The van der Waals surface area contributed by atoms with Crippen molar-refractivity contribution in [3.63, 3.8) is 0 Å². The smallest absolute Gasteiger partial charge is 0.241 e. The van der Waals surface area contributed by atoms with Crippen molar-refractivity contribution in [2.45, 2.75) is 68.7 Å². The summed E-state index contributed by atoms with van der Waals surface area (Å²) >= 11 is 0. The second-order valence-electron chi connectivity index (χ2n) is 9.73. The van der Waals surface area contributed by atoms with Gasteiger partial charge in [0.15, 0.2) is 11.6 Å². The number of H-pyrrole nitrogens is 2. The molecular weight excluding hydrogens is 431 g/mol. The molecule has 170 valence electrons. The van der Waals surface area contributed by atoms with E-state index in [1.807, 2.05) is 6.07 Å². The van der Waals surface area contributed by atoms with Gasteiger partial charge < -0.3 is 5.32 Å². The SMILES string of the molecule is CC(C)(C)c1cc(C2CCC(c3cc(Nc4ccc5c(c4F)CNS5(=O)=O)n[nH]3)C2)[nH]n1. The Morgan fingerprint density at radius 3 is 2.44 bits per heavy atom. The van der Waals surface area contributed by atoms with Crippen LogP contribution in [0.4, 0.5) is 15.9 Å². The summed E-state index contributed by atoms with van der Waals surface area (Å²) < 4.78 is 40.9. The van der Waals surface area contributed by atoms with Crippen molar-refractivity contribution >= 4 is 21.5 Å². The molecule has 2 aromatic heterocycles. The number of nitrogens with one attached hydrogen (secondary N) is 4. The third kappa shape index (κ3) is 3.71. The molecule has 0 radical (unpaired) electrons. The van der Waals surface area contributed by atoms with E-state index in [9.17, 15) is 12.8 Å². The summed E-state index contributed by atoms with van der Waals surface area (Å²) in [6, 6.07) is 6.94. The Balaban J connectivity index is 1.29. The normalized spacial score (nSPS) is 22.2. The van der Waals surface area contributed by atoms with E-state index in [4.69, 9.17) is 0 Å². The van der Waals surface area contributed by atoms with Crippen LogP contribution in [0.25, 0.3) is 0 Å². The van der Waals surface area contributed by atoms with E-state index in [1.54, 1.807) is 0 Å². The van der Waals surface area contributed by atoms with E-state index in [0.29, 0.717) is 17.7 Å². The van der Waals surface area contributed by atoms with Crippen molar-refractivity contribution in [2.75, 3.05) is 5.32 Å². The standard InChI is InChI=1S/C22H27FN6O2S/c1-22(2,3)19-9-16(26-28-19)12-4-5-13(8-12)17-10-20(29-27-17)25-15-6-7-18-14(21(15)23)11-24-32(18,30)31/h6-7,9-10,12-13,24H,4-5,8,11H2,1-3H3,(H,26,28)(H2,25,27,29). The lowest BCUT2D eigenvalue weighted by Gasteiger charge is -2.14. The average molecular weight is 459 g/mol. The maximum Gasteiger partial charge on any atom is 0.241 e. The second-order valence-corrected chi connectivity index (χ2v) is 11.5. The van der Waals surface area contributed by atoms with Gasteiger partial charge in [-0.1, -0.05) is 20.8 Å². The highest BCUT2D eigenvalue weighted by Gasteiger charge is 2.31. The average Bonchev–Trinajstić information content (AvgIpc) is 3.49. The highest BCUT2D eigenvalue weighted by Crippen LogP contribution is 2.43. The molecule has 1 aromatic carbocycles. The summed E-state index contributed by atoms with van der Waals surface area (Å²) in [4.78, 5) is -0.00584. The van der Waals surface area contributed by atoms with Gasteiger partial charge in [-0.05, 0) is 37.5 Å². The molecule has 5 rings (SSSR count). The fraction of sp³-hybridized carbons (Fsp3) is 0.455. The van der Waals surface area contributed by atoms with Gasteiger partial charge in [-0.3, -0.25) is 10.2 Å². The molecule has 10 heteroatoms. The number of sulfonamides is 1. The molecule has 4 N–H and O–H groups in total. The summed E-state index contributed by atoms with van der Waals surface area (Å²) in [7, 11) is -3.61. The lowest BCUT2D eigenvalue weighted by atomic mass is 9.91.